The third-order valence-corrected chi connectivity index (χ3v) is 7.27. The van der Waals surface area contributed by atoms with Crippen molar-refractivity contribution in [3.05, 3.63) is 96.3 Å². The van der Waals surface area contributed by atoms with E-state index in [1.54, 1.807) is 0 Å². The quantitative estimate of drug-likeness (QED) is 0.0821. The van der Waals surface area contributed by atoms with Gasteiger partial charge in [0.2, 0.25) is 0 Å². The average molecular weight is 638 g/mol. The smallest absolute Gasteiger partial charge is 0.0172 e. The van der Waals surface area contributed by atoms with Gasteiger partial charge in [-0.3, -0.25) is 0 Å². The van der Waals surface area contributed by atoms with Gasteiger partial charge in [-0.15, -0.1) is 0 Å². The molecule has 268 valence electrons. The van der Waals surface area contributed by atoms with Crippen molar-refractivity contribution in [2.24, 2.45) is 5.92 Å². The summed E-state index contributed by atoms with van der Waals surface area (Å²) in [6, 6.07) is 0. The molecular weight excluding hydrogens is 555 g/mol. The summed E-state index contributed by atoms with van der Waals surface area (Å²) >= 11 is 0. The molecule has 1 heteroatoms. The zero-order valence-electron chi connectivity index (χ0n) is 33.6. The Balaban J connectivity index is -0.000000268. The van der Waals surface area contributed by atoms with Gasteiger partial charge in [0.1, 0.15) is 0 Å². The van der Waals surface area contributed by atoms with E-state index in [0.29, 0.717) is 5.92 Å². The standard InChI is InChI=1S/C17H35N.C11H16.C8H12.C6H12.C3H8/c1-5-8-9-10-11-12-13-14-17(4)18(15-6-2)16-7-3;1-10(2)8-6-5-7-9-11(3)4;1-7-5-3-4-6-8(7)2;1-5(2)6(3)4;1-3-2/h4-16H2,1-3H3;5-8H,1,3,9H2,2,4H3;5-6H,3-4H2,1-2H3;6H,1H2,2-4H3;3H2,1-2H3/b;7-5-,8-6-;;;. The highest BCUT2D eigenvalue weighted by atomic mass is 15.1. The fraction of sp³-hybridized carbons (Fsp3) is 0.644. The zero-order chi connectivity index (χ0) is 36.2. The van der Waals surface area contributed by atoms with Crippen LogP contribution in [0.5, 0.6) is 0 Å². The molecule has 0 N–H and O–H groups in total. The number of hydrogen-bond donors (Lipinski definition) is 0. The number of allylic oxidation sites excluding steroid dienone is 12. The summed E-state index contributed by atoms with van der Waals surface area (Å²) in [4.78, 5) is 2.48. The molecule has 1 aliphatic carbocycles. The summed E-state index contributed by atoms with van der Waals surface area (Å²) < 4.78 is 0. The molecule has 0 heterocycles. The molecule has 0 atom stereocenters. The second kappa shape index (κ2) is 38.9. The fourth-order valence-electron chi connectivity index (χ4n) is 3.90. The van der Waals surface area contributed by atoms with Crippen LogP contribution >= 0.6 is 0 Å². The Labute approximate surface area is 292 Å². The van der Waals surface area contributed by atoms with Gasteiger partial charge < -0.3 is 4.90 Å². The molecule has 46 heavy (non-hydrogen) atoms. The second-order valence-electron chi connectivity index (χ2n) is 13.3. The van der Waals surface area contributed by atoms with E-state index in [0.717, 1.165) is 12.0 Å². The van der Waals surface area contributed by atoms with Gasteiger partial charge >= 0.3 is 0 Å². The molecule has 0 aliphatic heterocycles. The van der Waals surface area contributed by atoms with Crippen LogP contribution in [-0.4, -0.2) is 18.0 Å². The molecule has 0 aromatic carbocycles. The van der Waals surface area contributed by atoms with E-state index < -0.39 is 0 Å². The predicted octanol–water partition coefficient (Wildman–Crippen LogP) is 15.7. The summed E-state index contributed by atoms with van der Waals surface area (Å²) in [6.45, 7) is 43.6. The largest absolute Gasteiger partial charge is 0.375 e. The minimum Gasteiger partial charge on any atom is -0.375 e. The molecule has 0 radical (unpaired) electrons. The molecule has 1 nitrogen and oxygen atoms in total. The Bertz CT molecular complexity index is 833. The van der Waals surface area contributed by atoms with E-state index in [4.69, 9.17) is 0 Å². The van der Waals surface area contributed by atoms with Crippen molar-refractivity contribution in [3.63, 3.8) is 0 Å². The summed E-state index contributed by atoms with van der Waals surface area (Å²) in [5, 5.41) is 0. The topological polar surface area (TPSA) is 3.24 Å². The average Bonchev–Trinajstić information content (AvgIpc) is 2.99. The number of hydrogen-bond acceptors (Lipinski definition) is 1. The summed E-state index contributed by atoms with van der Waals surface area (Å²) in [7, 11) is 0. The maximum absolute atomic E-state index is 4.27. The van der Waals surface area contributed by atoms with Crippen molar-refractivity contribution in [1.29, 1.82) is 0 Å². The Hall–Kier alpha value is -2.28. The van der Waals surface area contributed by atoms with Crippen LogP contribution in [0.3, 0.4) is 0 Å². The van der Waals surface area contributed by atoms with Crippen molar-refractivity contribution in [2.45, 2.75) is 173 Å². The molecule has 0 saturated carbocycles. The highest BCUT2D eigenvalue weighted by Gasteiger charge is 2.05. The zero-order valence-corrected chi connectivity index (χ0v) is 33.6. The van der Waals surface area contributed by atoms with Gasteiger partial charge in [0.15, 0.2) is 0 Å². The highest BCUT2D eigenvalue weighted by Crippen LogP contribution is 2.16. The van der Waals surface area contributed by atoms with Gasteiger partial charge in [-0.1, -0.05) is 184 Å². The summed E-state index contributed by atoms with van der Waals surface area (Å²) in [5.74, 6) is 0.657. The lowest BCUT2D eigenvalue weighted by molar-refractivity contribution is 0.330. The minimum absolute atomic E-state index is 0.657. The van der Waals surface area contributed by atoms with Crippen LogP contribution in [0.1, 0.15) is 173 Å². The molecule has 1 rings (SSSR count). The maximum Gasteiger partial charge on any atom is 0.0172 e. The van der Waals surface area contributed by atoms with Crippen molar-refractivity contribution in [2.75, 3.05) is 13.1 Å². The van der Waals surface area contributed by atoms with E-state index in [-0.39, 0.29) is 0 Å². The van der Waals surface area contributed by atoms with Gasteiger partial charge in [-0.25, -0.2) is 0 Å². The third-order valence-electron chi connectivity index (χ3n) is 7.27. The van der Waals surface area contributed by atoms with E-state index in [2.05, 4.69) is 112 Å². The van der Waals surface area contributed by atoms with E-state index in [1.807, 2.05) is 39.0 Å². The molecule has 0 fully saturated rings. The van der Waals surface area contributed by atoms with Crippen LogP contribution in [0.4, 0.5) is 0 Å². The Kier molecular flexibility index (Phi) is 42.8. The highest BCUT2D eigenvalue weighted by molar-refractivity contribution is 5.29. The van der Waals surface area contributed by atoms with Crippen LogP contribution < -0.4 is 0 Å². The Morgan fingerprint density at radius 1 is 0.717 bits per heavy atom. The van der Waals surface area contributed by atoms with Crippen LogP contribution in [0.15, 0.2) is 96.3 Å². The minimum atomic E-state index is 0.657. The van der Waals surface area contributed by atoms with Gasteiger partial charge in [0.25, 0.3) is 0 Å². The van der Waals surface area contributed by atoms with Gasteiger partial charge in [0.05, 0.1) is 0 Å². The Morgan fingerprint density at radius 3 is 1.50 bits per heavy atom. The van der Waals surface area contributed by atoms with Crippen molar-refractivity contribution >= 4 is 0 Å². The molecule has 1 aliphatic rings. The first-order valence-corrected chi connectivity index (χ1v) is 18.8. The molecule has 0 aromatic rings. The molecule has 0 spiro atoms. The molecule has 0 bridgehead atoms. The second-order valence-corrected chi connectivity index (χ2v) is 13.3. The summed E-state index contributed by atoms with van der Waals surface area (Å²) in [6.07, 6.45) is 30.8. The first kappa shape index (κ1) is 50.6. The monoisotopic (exact) mass is 638 g/mol. The van der Waals surface area contributed by atoms with Crippen LogP contribution in [-0.2, 0) is 0 Å². The summed E-state index contributed by atoms with van der Waals surface area (Å²) in [5.41, 5.74) is 7.80. The molecule has 0 unspecified atom stereocenters. The van der Waals surface area contributed by atoms with Crippen molar-refractivity contribution < 1.29 is 0 Å². The maximum atomic E-state index is 4.27. The normalized spacial score (nSPS) is 11.8. The molecule has 0 amide bonds. The van der Waals surface area contributed by atoms with Crippen LogP contribution in [0.25, 0.3) is 0 Å². The molecule has 0 saturated heterocycles. The Morgan fingerprint density at radius 2 is 1.15 bits per heavy atom. The SMILES string of the molecule is C=C(C)/C=C\C=C/CC(=C)C.C=C(C)C(C)C.C=C(CCCCCCCCC)N(CCC)CCC.CC1=CCCC=C1C.CCC. The van der Waals surface area contributed by atoms with Crippen LogP contribution in [0, 0.1) is 5.92 Å². The first-order chi connectivity index (χ1) is 21.7. The van der Waals surface area contributed by atoms with Gasteiger partial charge in [-0.05, 0) is 85.5 Å². The molecule has 0 aromatic heterocycles. The number of rotatable bonds is 18. The lowest BCUT2D eigenvalue weighted by Crippen LogP contribution is -2.24. The van der Waals surface area contributed by atoms with Crippen molar-refractivity contribution in [1.82, 2.24) is 4.90 Å². The van der Waals surface area contributed by atoms with E-state index >= 15 is 0 Å². The van der Waals surface area contributed by atoms with Crippen LogP contribution in [0.2, 0.25) is 0 Å². The van der Waals surface area contributed by atoms with Gasteiger partial charge in [0, 0.05) is 18.8 Å². The van der Waals surface area contributed by atoms with Crippen molar-refractivity contribution in [3.8, 4) is 0 Å². The number of unbranched alkanes of at least 4 members (excludes halogenated alkanes) is 6. The lowest BCUT2D eigenvalue weighted by Gasteiger charge is -2.26. The predicted molar refractivity (Wildman–Crippen MR) is 219 cm³/mol. The van der Waals surface area contributed by atoms with E-state index in [1.165, 1.54) is 125 Å². The third kappa shape index (κ3) is 43.8. The fourth-order valence-corrected chi connectivity index (χ4v) is 3.90. The number of nitrogens with zero attached hydrogens (tertiary/aromatic N) is 1. The molecular formula is C45H83N. The van der Waals surface area contributed by atoms with E-state index in [9.17, 15) is 0 Å². The first-order valence-electron chi connectivity index (χ1n) is 18.8. The van der Waals surface area contributed by atoms with Gasteiger partial charge in [-0.2, -0.15) is 0 Å². The lowest BCUT2D eigenvalue weighted by atomic mass is 10.0.